The molecule has 1 aliphatic heterocycles. The van der Waals surface area contributed by atoms with Gasteiger partial charge < -0.3 is 15.5 Å². The highest BCUT2D eigenvalue weighted by atomic mass is 79.9. The highest BCUT2D eigenvalue weighted by Gasteiger charge is 2.22. The summed E-state index contributed by atoms with van der Waals surface area (Å²) in [5.74, 6) is 0.900. The van der Waals surface area contributed by atoms with Gasteiger partial charge in [0.25, 0.3) is 0 Å². The second-order valence-corrected chi connectivity index (χ2v) is 6.59. The smallest absolute Gasteiger partial charge is 0.126 e. The van der Waals surface area contributed by atoms with Gasteiger partial charge in [0.1, 0.15) is 5.84 Å². The average molecular weight is 339 g/mol. The van der Waals surface area contributed by atoms with Gasteiger partial charge in [0.05, 0.1) is 5.56 Å². The van der Waals surface area contributed by atoms with Crippen LogP contribution in [0, 0.1) is 11.3 Å². The van der Waals surface area contributed by atoms with E-state index in [4.69, 9.17) is 11.1 Å². The third-order valence-electron chi connectivity index (χ3n) is 3.84. The van der Waals surface area contributed by atoms with Crippen LogP contribution in [0.2, 0.25) is 0 Å². The summed E-state index contributed by atoms with van der Waals surface area (Å²) in [6.45, 7) is 3.23. The molecule has 0 spiro atoms. The number of hydrogen-bond donors (Lipinski definition) is 2. The van der Waals surface area contributed by atoms with E-state index in [-0.39, 0.29) is 5.84 Å². The summed E-state index contributed by atoms with van der Waals surface area (Å²) in [6, 6.07) is 6.02. The fraction of sp³-hybridized carbons (Fsp3) is 0.533. The summed E-state index contributed by atoms with van der Waals surface area (Å²) < 4.78 is 0.901. The molecule has 0 amide bonds. The standard InChI is InChI=1S/C15H23BrN4/c1-19(2)10-11-6-8-20(9-7-11)13-5-3-4-12(16)14(13)15(17)18/h3-5,11H,6-10H2,1-2H3,(H3,17,18). The molecule has 0 atom stereocenters. The summed E-state index contributed by atoms with van der Waals surface area (Å²) >= 11 is 3.50. The number of nitrogen functional groups attached to an aromatic ring is 1. The lowest BCUT2D eigenvalue weighted by molar-refractivity contribution is 0.285. The normalized spacial score (nSPS) is 16.7. The van der Waals surface area contributed by atoms with Crippen LogP contribution in [0.4, 0.5) is 5.69 Å². The lowest BCUT2D eigenvalue weighted by Crippen LogP contribution is -2.38. The Balaban J connectivity index is 2.11. The molecule has 20 heavy (non-hydrogen) atoms. The molecule has 0 saturated carbocycles. The number of benzene rings is 1. The lowest BCUT2D eigenvalue weighted by atomic mass is 9.95. The average Bonchev–Trinajstić information content (AvgIpc) is 2.38. The zero-order valence-electron chi connectivity index (χ0n) is 12.2. The fourth-order valence-electron chi connectivity index (χ4n) is 2.92. The van der Waals surface area contributed by atoms with Crippen LogP contribution in [0.15, 0.2) is 22.7 Å². The fourth-order valence-corrected chi connectivity index (χ4v) is 3.49. The van der Waals surface area contributed by atoms with E-state index in [1.54, 1.807) is 0 Å². The maximum absolute atomic E-state index is 7.78. The Kier molecular flexibility index (Phi) is 5.05. The van der Waals surface area contributed by atoms with Gasteiger partial charge in [0, 0.05) is 29.8 Å². The first-order valence-electron chi connectivity index (χ1n) is 7.01. The number of rotatable bonds is 4. The van der Waals surface area contributed by atoms with Crippen LogP contribution < -0.4 is 10.6 Å². The molecule has 3 N–H and O–H groups in total. The zero-order chi connectivity index (χ0) is 14.7. The Morgan fingerprint density at radius 1 is 1.40 bits per heavy atom. The Morgan fingerprint density at radius 2 is 2.05 bits per heavy atom. The third-order valence-corrected chi connectivity index (χ3v) is 4.50. The number of nitrogens with one attached hydrogen (secondary N) is 1. The molecule has 1 heterocycles. The van der Waals surface area contributed by atoms with E-state index < -0.39 is 0 Å². The third kappa shape index (κ3) is 3.52. The Labute approximate surface area is 129 Å². The minimum atomic E-state index is 0.128. The van der Waals surface area contributed by atoms with Crippen molar-refractivity contribution in [1.82, 2.24) is 4.90 Å². The van der Waals surface area contributed by atoms with Crippen LogP contribution in [0.1, 0.15) is 18.4 Å². The molecule has 110 valence electrons. The first-order valence-corrected chi connectivity index (χ1v) is 7.81. The molecule has 1 fully saturated rings. The van der Waals surface area contributed by atoms with E-state index in [1.165, 1.54) is 12.8 Å². The number of hydrogen-bond acceptors (Lipinski definition) is 3. The van der Waals surface area contributed by atoms with Crippen molar-refractivity contribution in [2.45, 2.75) is 12.8 Å². The van der Waals surface area contributed by atoms with E-state index in [1.807, 2.05) is 12.1 Å². The van der Waals surface area contributed by atoms with Crippen molar-refractivity contribution in [3.05, 3.63) is 28.2 Å². The van der Waals surface area contributed by atoms with Crippen LogP contribution in [-0.2, 0) is 0 Å². The van der Waals surface area contributed by atoms with Crippen LogP contribution in [0.3, 0.4) is 0 Å². The highest BCUT2D eigenvalue weighted by Crippen LogP contribution is 2.30. The summed E-state index contributed by atoms with van der Waals surface area (Å²) in [7, 11) is 4.27. The topological polar surface area (TPSA) is 56.4 Å². The van der Waals surface area contributed by atoms with Crippen molar-refractivity contribution in [1.29, 1.82) is 5.41 Å². The van der Waals surface area contributed by atoms with Gasteiger partial charge in [-0.1, -0.05) is 6.07 Å². The predicted octanol–water partition coefficient (Wildman–Crippen LogP) is 2.51. The van der Waals surface area contributed by atoms with Crippen LogP contribution in [-0.4, -0.2) is 44.5 Å². The number of anilines is 1. The molecule has 1 aromatic carbocycles. The van der Waals surface area contributed by atoms with Crippen molar-refractivity contribution < 1.29 is 0 Å². The lowest BCUT2D eigenvalue weighted by Gasteiger charge is -2.35. The molecule has 0 unspecified atom stereocenters. The quantitative estimate of drug-likeness (QED) is 0.655. The summed E-state index contributed by atoms with van der Waals surface area (Å²) in [5.41, 5.74) is 7.63. The molecular formula is C15H23BrN4. The SMILES string of the molecule is CN(C)CC1CCN(c2cccc(Br)c2C(=N)N)CC1. The molecule has 1 aliphatic rings. The summed E-state index contributed by atoms with van der Waals surface area (Å²) in [5, 5.41) is 7.78. The number of nitrogens with two attached hydrogens (primary N) is 1. The maximum Gasteiger partial charge on any atom is 0.126 e. The molecule has 0 radical (unpaired) electrons. The molecule has 5 heteroatoms. The number of piperidine rings is 1. The predicted molar refractivity (Wildman–Crippen MR) is 88.6 cm³/mol. The Hall–Kier alpha value is -1.07. The van der Waals surface area contributed by atoms with Gasteiger partial charge in [-0.25, -0.2) is 0 Å². The molecule has 2 rings (SSSR count). The highest BCUT2D eigenvalue weighted by molar-refractivity contribution is 9.10. The Bertz CT molecular complexity index is 479. The van der Waals surface area contributed by atoms with E-state index >= 15 is 0 Å². The van der Waals surface area contributed by atoms with Crippen molar-refractivity contribution >= 4 is 27.5 Å². The van der Waals surface area contributed by atoms with E-state index in [0.717, 1.165) is 41.3 Å². The van der Waals surface area contributed by atoms with Gasteiger partial charge in [0.2, 0.25) is 0 Å². The molecule has 0 aliphatic carbocycles. The summed E-state index contributed by atoms with van der Waals surface area (Å²) in [4.78, 5) is 4.62. The zero-order valence-corrected chi connectivity index (χ0v) is 13.8. The van der Waals surface area contributed by atoms with E-state index in [9.17, 15) is 0 Å². The first-order chi connectivity index (χ1) is 9.49. The Morgan fingerprint density at radius 3 is 2.60 bits per heavy atom. The van der Waals surface area contributed by atoms with Crippen LogP contribution in [0.25, 0.3) is 0 Å². The van der Waals surface area contributed by atoms with Gasteiger partial charge in [-0.2, -0.15) is 0 Å². The van der Waals surface area contributed by atoms with Crippen LogP contribution in [0.5, 0.6) is 0 Å². The van der Waals surface area contributed by atoms with Gasteiger partial charge in [0.15, 0.2) is 0 Å². The van der Waals surface area contributed by atoms with Gasteiger partial charge >= 0.3 is 0 Å². The van der Waals surface area contributed by atoms with Crippen molar-refractivity contribution in [2.75, 3.05) is 38.6 Å². The van der Waals surface area contributed by atoms with Crippen LogP contribution >= 0.6 is 15.9 Å². The molecule has 0 aromatic heterocycles. The molecule has 1 aromatic rings. The molecule has 1 saturated heterocycles. The van der Waals surface area contributed by atoms with Crippen molar-refractivity contribution in [2.24, 2.45) is 11.7 Å². The van der Waals surface area contributed by atoms with E-state index in [0.29, 0.717) is 0 Å². The molecular weight excluding hydrogens is 316 g/mol. The minimum Gasteiger partial charge on any atom is -0.384 e. The number of nitrogens with zero attached hydrogens (tertiary/aromatic N) is 2. The van der Waals surface area contributed by atoms with Crippen molar-refractivity contribution in [3.63, 3.8) is 0 Å². The van der Waals surface area contributed by atoms with Gasteiger partial charge in [-0.05, 0) is 60.9 Å². The number of halogens is 1. The summed E-state index contributed by atoms with van der Waals surface area (Å²) in [6.07, 6.45) is 2.39. The molecule has 0 bridgehead atoms. The van der Waals surface area contributed by atoms with Crippen molar-refractivity contribution in [3.8, 4) is 0 Å². The second kappa shape index (κ2) is 6.59. The monoisotopic (exact) mass is 338 g/mol. The first kappa shape index (κ1) is 15.3. The largest absolute Gasteiger partial charge is 0.384 e. The van der Waals surface area contributed by atoms with E-state index in [2.05, 4.69) is 45.9 Å². The second-order valence-electron chi connectivity index (χ2n) is 5.74. The molecule has 4 nitrogen and oxygen atoms in total. The minimum absolute atomic E-state index is 0.128. The number of amidine groups is 1. The van der Waals surface area contributed by atoms with Gasteiger partial charge in [-0.3, -0.25) is 5.41 Å². The maximum atomic E-state index is 7.78. The van der Waals surface area contributed by atoms with Gasteiger partial charge in [-0.15, -0.1) is 0 Å².